The monoisotopic (exact) mass is 419 g/mol. The van der Waals surface area contributed by atoms with Crippen LogP contribution in [0.15, 0.2) is 71.6 Å². The molecule has 1 saturated heterocycles. The Balaban J connectivity index is 1.45. The Labute approximate surface area is 175 Å². The predicted molar refractivity (Wildman–Crippen MR) is 115 cm³/mol. The Bertz CT molecular complexity index is 1230. The van der Waals surface area contributed by atoms with Gasteiger partial charge in [-0.1, -0.05) is 48.5 Å². The van der Waals surface area contributed by atoms with E-state index in [-0.39, 0.29) is 35.4 Å². The summed E-state index contributed by atoms with van der Waals surface area (Å²) >= 11 is 0. The Hall–Kier alpha value is -3.21. The van der Waals surface area contributed by atoms with E-state index in [0.29, 0.717) is 12.8 Å². The minimum atomic E-state index is -3.76. The number of fused-ring (bicyclic) bond motifs is 1. The zero-order valence-corrected chi connectivity index (χ0v) is 17.1. The molecule has 30 heavy (non-hydrogen) atoms. The van der Waals surface area contributed by atoms with Crippen LogP contribution in [-0.2, 0) is 14.8 Å². The molecule has 0 atom stereocenters. The Morgan fingerprint density at radius 3 is 2.40 bits per heavy atom. The van der Waals surface area contributed by atoms with Gasteiger partial charge in [-0.15, -0.1) is 0 Å². The molecular formula is C23H21N3O3S. The molecule has 0 bridgehead atoms. The third-order valence-corrected chi connectivity index (χ3v) is 7.45. The molecule has 152 valence electrons. The number of nitrogens with one attached hydrogen (secondary N) is 1. The van der Waals surface area contributed by atoms with Gasteiger partial charge in [0.05, 0.1) is 10.5 Å². The average molecular weight is 420 g/mol. The van der Waals surface area contributed by atoms with E-state index >= 15 is 0 Å². The summed E-state index contributed by atoms with van der Waals surface area (Å²) in [5.41, 5.74) is 0.893. The molecule has 0 spiro atoms. The first-order chi connectivity index (χ1) is 14.5. The molecule has 0 aromatic heterocycles. The molecule has 1 aliphatic rings. The van der Waals surface area contributed by atoms with Crippen LogP contribution in [0.5, 0.6) is 0 Å². The molecular weight excluding hydrogens is 398 g/mol. The van der Waals surface area contributed by atoms with Gasteiger partial charge in [0.25, 0.3) is 0 Å². The second-order valence-electron chi connectivity index (χ2n) is 7.30. The number of hydrogen-bond acceptors (Lipinski definition) is 4. The van der Waals surface area contributed by atoms with Gasteiger partial charge in [-0.3, -0.25) is 4.79 Å². The molecule has 1 heterocycles. The predicted octanol–water partition coefficient (Wildman–Crippen LogP) is 3.75. The molecule has 3 aromatic rings. The quantitative estimate of drug-likeness (QED) is 0.697. The fourth-order valence-corrected chi connectivity index (χ4v) is 5.46. The number of nitriles is 1. The highest BCUT2D eigenvalue weighted by Crippen LogP contribution is 2.28. The highest BCUT2D eigenvalue weighted by molar-refractivity contribution is 7.89. The largest absolute Gasteiger partial charge is 0.325 e. The van der Waals surface area contributed by atoms with Gasteiger partial charge in [0.1, 0.15) is 6.07 Å². The van der Waals surface area contributed by atoms with Crippen LogP contribution in [0.1, 0.15) is 18.4 Å². The van der Waals surface area contributed by atoms with Gasteiger partial charge >= 0.3 is 0 Å². The number of piperidine rings is 1. The van der Waals surface area contributed by atoms with Crippen molar-refractivity contribution in [1.29, 1.82) is 5.26 Å². The van der Waals surface area contributed by atoms with E-state index in [1.54, 1.807) is 12.1 Å². The number of sulfonamides is 1. The molecule has 1 fully saturated rings. The molecule has 1 amide bonds. The lowest BCUT2D eigenvalue weighted by Gasteiger charge is -2.30. The number of amides is 1. The SMILES string of the molecule is N#Cc1ccccc1S(=O)(=O)N1CCC(C(=O)Nc2cccc3ccccc23)CC1. The van der Waals surface area contributed by atoms with Crippen LogP contribution in [-0.4, -0.2) is 31.7 Å². The van der Waals surface area contributed by atoms with E-state index in [1.165, 1.54) is 16.4 Å². The molecule has 0 aliphatic carbocycles. The number of carbonyl (C=O) groups excluding carboxylic acids is 1. The van der Waals surface area contributed by atoms with Gasteiger partial charge in [0.2, 0.25) is 15.9 Å². The fraction of sp³-hybridized carbons (Fsp3) is 0.217. The minimum absolute atomic E-state index is 0.0196. The second kappa shape index (κ2) is 8.27. The van der Waals surface area contributed by atoms with Crippen molar-refractivity contribution < 1.29 is 13.2 Å². The van der Waals surface area contributed by atoms with Crippen molar-refractivity contribution in [1.82, 2.24) is 4.31 Å². The van der Waals surface area contributed by atoms with Crippen LogP contribution in [0.4, 0.5) is 5.69 Å². The van der Waals surface area contributed by atoms with Crippen molar-refractivity contribution >= 4 is 32.4 Å². The van der Waals surface area contributed by atoms with Crippen molar-refractivity contribution in [3.8, 4) is 6.07 Å². The van der Waals surface area contributed by atoms with E-state index in [9.17, 15) is 18.5 Å². The third kappa shape index (κ3) is 3.80. The summed E-state index contributed by atoms with van der Waals surface area (Å²) in [7, 11) is -3.76. The second-order valence-corrected chi connectivity index (χ2v) is 9.21. The Morgan fingerprint density at radius 2 is 1.63 bits per heavy atom. The van der Waals surface area contributed by atoms with Crippen LogP contribution in [0.3, 0.4) is 0 Å². The van der Waals surface area contributed by atoms with E-state index in [4.69, 9.17) is 0 Å². The summed E-state index contributed by atoms with van der Waals surface area (Å²) in [5.74, 6) is -0.359. The number of benzene rings is 3. The Morgan fingerprint density at radius 1 is 0.967 bits per heavy atom. The molecule has 7 heteroatoms. The summed E-state index contributed by atoms with van der Waals surface area (Å²) in [6, 6.07) is 21.8. The van der Waals surface area contributed by atoms with Gasteiger partial charge < -0.3 is 5.32 Å². The summed E-state index contributed by atoms with van der Waals surface area (Å²) < 4.78 is 27.3. The first-order valence-corrected chi connectivity index (χ1v) is 11.2. The van der Waals surface area contributed by atoms with Gasteiger partial charge in [0, 0.05) is 30.1 Å². The molecule has 1 aliphatic heterocycles. The van der Waals surface area contributed by atoms with Crippen LogP contribution in [0.2, 0.25) is 0 Å². The molecule has 0 radical (unpaired) electrons. The average Bonchev–Trinajstić information content (AvgIpc) is 2.79. The van der Waals surface area contributed by atoms with Crippen molar-refractivity contribution in [2.45, 2.75) is 17.7 Å². The lowest BCUT2D eigenvalue weighted by Crippen LogP contribution is -2.41. The van der Waals surface area contributed by atoms with Crippen LogP contribution in [0, 0.1) is 17.2 Å². The highest BCUT2D eigenvalue weighted by atomic mass is 32.2. The molecule has 0 saturated carbocycles. The number of anilines is 1. The van der Waals surface area contributed by atoms with Gasteiger partial charge in [0.15, 0.2) is 0 Å². The van der Waals surface area contributed by atoms with Crippen LogP contribution in [0.25, 0.3) is 10.8 Å². The lowest BCUT2D eigenvalue weighted by molar-refractivity contribution is -0.120. The molecule has 1 N–H and O–H groups in total. The number of nitrogens with zero attached hydrogens (tertiary/aromatic N) is 2. The number of hydrogen-bond donors (Lipinski definition) is 1. The fourth-order valence-electron chi connectivity index (χ4n) is 3.85. The Kier molecular flexibility index (Phi) is 5.53. The zero-order chi connectivity index (χ0) is 21.1. The van der Waals surface area contributed by atoms with E-state index in [1.807, 2.05) is 48.5 Å². The normalized spacial score (nSPS) is 15.6. The van der Waals surface area contributed by atoms with Gasteiger partial charge in [-0.05, 0) is 36.4 Å². The molecule has 0 unspecified atom stereocenters. The smallest absolute Gasteiger partial charge is 0.244 e. The summed E-state index contributed by atoms with van der Waals surface area (Å²) in [5, 5.41) is 14.3. The third-order valence-electron chi connectivity index (χ3n) is 5.50. The summed E-state index contributed by atoms with van der Waals surface area (Å²) in [6.07, 6.45) is 0.870. The van der Waals surface area contributed by atoms with Crippen LogP contribution >= 0.6 is 0 Å². The van der Waals surface area contributed by atoms with Gasteiger partial charge in [-0.25, -0.2) is 8.42 Å². The molecule has 6 nitrogen and oxygen atoms in total. The topological polar surface area (TPSA) is 90.3 Å². The summed E-state index contributed by atoms with van der Waals surface area (Å²) in [4.78, 5) is 12.8. The maximum atomic E-state index is 13.0. The van der Waals surface area contributed by atoms with Crippen molar-refractivity contribution in [3.63, 3.8) is 0 Å². The zero-order valence-electron chi connectivity index (χ0n) is 16.3. The number of rotatable bonds is 4. The van der Waals surface area contributed by atoms with Crippen molar-refractivity contribution in [2.24, 2.45) is 5.92 Å². The lowest BCUT2D eigenvalue weighted by atomic mass is 9.97. The molecule has 3 aromatic carbocycles. The summed E-state index contributed by atoms with van der Waals surface area (Å²) in [6.45, 7) is 0.492. The van der Waals surface area contributed by atoms with Crippen molar-refractivity contribution in [3.05, 3.63) is 72.3 Å². The first kappa shape index (κ1) is 20.1. The maximum Gasteiger partial charge on any atom is 0.244 e. The van der Waals surface area contributed by atoms with E-state index in [0.717, 1.165) is 16.5 Å². The van der Waals surface area contributed by atoms with E-state index in [2.05, 4.69) is 5.32 Å². The standard InChI is InChI=1S/C23H21N3O3S/c24-16-19-7-2-4-11-22(19)30(28,29)26-14-12-18(13-15-26)23(27)25-21-10-5-8-17-6-1-3-9-20(17)21/h1-11,18H,12-15H2,(H,25,27). The van der Waals surface area contributed by atoms with Crippen molar-refractivity contribution in [2.75, 3.05) is 18.4 Å². The number of carbonyl (C=O) groups is 1. The maximum absolute atomic E-state index is 13.0. The van der Waals surface area contributed by atoms with E-state index < -0.39 is 10.0 Å². The van der Waals surface area contributed by atoms with Gasteiger partial charge in [-0.2, -0.15) is 9.57 Å². The first-order valence-electron chi connectivity index (χ1n) is 9.78. The minimum Gasteiger partial charge on any atom is -0.325 e. The highest BCUT2D eigenvalue weighted by Gasteiger charge is 2.33. The van der Waals surface area contributed by atoms with Crippen LogP contribution < -0.4 is 5.32 Å². The molecule has 4 rings (SSSR count).